The summed E-state index contributed by atoms with van der Waals surface area (Å²) in [5, 5.41) is 23.2. The molecule has 0 aliphatic carbocycles. The van der Waals surface area contributed by atoms with E-state index in [2.05, 4.69) is 31.3 Å². The first kappa shape index (κ1) is 75.3. The number of hydrogen-bond donors (Lipinski definition) is 3. The van der Waals surface area contributed by atoms with Crippen molar-refractivity contribution in [2.45, 2.75) is 405 Å². The summed E-state index contributed by atoms with van der Waals surface area (Å²) in [7, 11) is 0. The molecule has 0 saturated heterocycles. The zero-order valence-corrected chi connectivity index (χ0v) is 52.2. The summed E-state index contributed by atoms with van der Waals surface area (Å²) in [6.45, 7) is 4.94. The van der Waals surface area contributed by atoms with Gasteiger partial charge in [-0.25, -0.2) is 0 Å². The fourth-order valence-corrected chi connectivity index (χ4v) is 11.1. The Labute approximate surface area is 481 Å². The average molecular weight is 1080 g/mol. The molecule has 1 amide bonds. The monoisotopic (exact) mass is 1080 g/mol. The van der Waals surface area contributed by atoms with E-state index in [1.165, 1.54) is 321 Å². The molecule has 0 aromatic heterocycles. The molecule has 3 N–H and O–H groups in total. The molecule has 0 fully saturated rings. The molecule has 0 aromatic carbocycles. The second kappa shape index (κ2) is 66.8. The van der Waals surface area contributed by atoms with Crippen LogP contribution in [0.5, 0.6) is 0 Å². The van der Waals surface area contributed by atoms with Gasteiger partial charge in [-0.3, -0.25) is 9.59 Å². The summed E-state index contributed by atoms with van der Waals surface area (Å²) < 4.78 is 5.50. The van der Waals surface area contributed by atoms with Gasteiger partial charge in [-0.2, -0.15) is 0 Å². The first-order valence-corrected chi connectivity index (χ1v) is 35.1. The van der Waals surface area contributed by atoms with Crippen LogP contribution in [0.15, 0.2) is 24.3 Å². The minimum absolute atomic E-state index is 0.0153. The lowest BCUT2D eigenvalue weighted by Gasteiger charge is -2.20. The lowest BCUT2D eigenvalue weighted by Crippen LogP contribution is -2.45. The Morgan fingerprint density at radius 3 is 0.922 bits per heavy atom. The average Bonchev–Trinajstić information content (AvgIpc) is 3.43. The van der Waals surface area contributed by atoms with Gasteiger partial charge in [0.25, 0.3) is 0 Å². The molecule has 6 heteroatoms. The highest BCUT2D eigenvalue weighted by molar-refractivity contribution is 5.76. The van der Waals surface area contributed by atoms with E-state index in [-0.39, 0.29) is 18.5 Å². The van der Waals surface area contributed by atoms with Crippen LogP contribution in [-0.4, -0.2) is 47.4 Å². The summed E-state index contributed by atoms with van der Waals surface area (Å²) in [5.74, 6) is -0.0551. The fourth-order valence-electron chi connectivity index (χ4n) is 11.1. The van der Waals surface area contributed by atoms with E-state index >= 15 is 0 Å². The van der Waals surface area contributed by atoms with Gasteiger partial charge in [-0.05, 0) is 57.8 Å². The number of amides is 1. The molecule has 0 aromatic rings. The van der Waals surface area contributed by atoms with Crippen molar-refractivity contribution in [1.29, 1.82) is 0 Å². The van der Waals surface area contributed by atoms with E-state index in [9.17, 15) is 19.8 Å². The molecule has 77 heavy (non-hydrogen) atoms. The molecule has 6 nitrogen and oxygen atoms in total. The summed E-state index contributed by atoms with van der Waals surface area (Å²) in [4.78, 5) is 24.6. The second-order valence-electron chi connectivity index (χ2n) is 24.2. The number of aliphatic hydroxyl groups is 2. The van der Waals surface area contributed by atoms with Crippen molar-refractivity contribution in [2.75, 3.05) is 13.2 Å². The second-order valence-corrected chi connectivity index (χ2v) is 24.2. The third-order valence-corrected chi connectivity index (χ3v) is 16.5. The molecule has 0 heterocycles. The van der Waals surface area contributed by atoms with Gasteiger partial charge in [0.05, 0.1) is 25.4 Å². The summed E-state index contributed by atoms with van der Waals surface area (Å²) in [5.41, 5.74) is 0. The fraction of sp³-hybridized carbons (Fsp3) is 0.915. The lowest BCUT2D eigenvalue weighted by atomic mass is 10.0. The smallest absolute Gasteiger partial charge is 0.305 e. The number of nitrogens with one attached hydrogen (secondary N) is 1. The Morgan fingerprint density at radius 1 is 0.351 bits per heavy atom. The highest BCUT2D eigenvalue weighted by Crippen LogP contribution is 2.19. The first-order chi connectivity index (χ1) is 38.0. The van der Waals surface area contributed by atoms with Crippen LogP contribution in [-0.2, 0) is 14.3 Å². The van der Waals surface area contributed by atoms with Crippen molar-refractivity contribution in [3.8, 4) is 0 Å². The van der Waals surface area contributed by atoms with Crippen molar-refractivity contribution in [2.24, 2.45) is 0 Å². The quantitative estimate of drug-likeness (QED) is 0.0320. The summed E-state index contributed by atoms with van der Waals surface area (Å²) >= 11 is 0. The number of carbonyl (C=O) groups is 2. The van der Waals surface area contributed by atoms with Gasteiger partial charge in [0.15, 0.2) is 0 Å². The van der Waals surface area contributed by atoms with E-state index in [1.54, 1.807) is 6.08 Å². The molecule has 0 saturated carbocycles. The number of unbranched alkanes of at least 4 members (excludes halogenated alkanes) is 53. The Kier molecular flexibility index (Phi) is 65.4. The summed E-state index contributed by atoms with van der Waals surface area (Å²) in [6.07, 6.45) is 83.9. The van der Waals surface area contributed by atoms with Crippen LogP contribution < -0.4 is 5.32 Å². The zero-order chi connectivity index (χ0) is 55.7. The Balaban J connectivity index is 3.42. The van der Waals surface area contributed by atoms with Gasteiger partial charge in [-0.1, -0.05) is 346 Å². The predicted molar refractivity (Wildman–Crippen MR) is 338 cm³/mol. The van der Waals surface area contributed by atoms with Crippen molar-refractivity contribution in [3.05, 3.63) is 24.3 Å². The highest BCUT2D eigenvalue weighted by atomic mass is 16.5. The molecule has 2 unspecified atom stereocenters. The van der Waals surface area contributed by atoms with E-state index in [0.717, 1.165) is 44.9 Å². The molecule has 0 bridgehead atoms. The van der Waals surface area contributed by atoms with E-state index in [0.29, 0.717) is 19.4 Å². The van der Waals surface area contributed by atoms with Crippen LogP contribution in [0.2, 0.25) is 0 Å². The highest BCUT2D eigenvalue weighted by Gasteiger charge is 2.18. The molecular weight excluding hydrogens is 947 g/mol. The van der Waals surface area contributed by atoms with Crippen molar-refractivity contribution in [3.63, 3.8) is 0 Å². The third-order valence-electron chi connectivity index (χ3n) is 16.5. The summed E-state index contributed by atoms with van der Waals surface area (Å²) in [6, 6.07) is -0.633. The molecule has 0 aliphatic rings. The first-order valence-electron chi connectivity index (χ1n) is 35.1. The number of allylic oxidation sites excluding steroid dienone is 3. The van der Waals surface area contributed by atoms with Crippen LogP contribution in [0.1, 0.15) is 393 Å². The third kappa shape index (κ3) is 63.4. The van der Waals surface area contributed by atoms with Gasteiger partial charge in [0, 0.05) is 12.8 Å². The number of carbonyl (C=O) groups excluding carboxylic acids is 2. The SMILES string of the molecule is CCCCCCCCCCCCCCCCCCCCC/C=C/C(O)C(CO)NC(=O)CCCCCCCCC/C=C\CCCCCCCCCCCCCCOC(=O)CCCCCCCCCCCCCCCCCC. The Morgan fingerprint density at radius 2 is 0.610 bits per heavy atom. The largest absolute Gasteiger partial charge is 0.466 e. The normalized spacial score (nSPS) is 12.6. The van der Waals surface area contributed by atoms with Crippen LogP contribution in [0.4, 0.5) is 0 Å². The van der Waals surface area contributed by atoms with Gasteiger partial charge >= 0.3 is 5.97 Å². The van der Waals surface area contributed by atoms with Crippen molar-refractivity contribution in [1.82, 2.24) is 5.32 Å². The minimum Gasteiger partial charge on any atom is -0.466 e. The minimum atomic E-state index is -0.849. The zero-order valence-electron chi connectivity index (χ0n) is 52.2. The number of esters is 1. The Bertz CT molecular complexity index is 1200. The maximum atomic E-state index is 12.5. The molecule has 456 valence electrons. The number of rotatable bonds is 66. The maximum absolute atomic E-state index is 12.5. The van der Waals surface area contributed by atoms with Crippen LogP contribution >= 0.6 is 0 Å². The van der Waals surface area contributed by atoms with Gasteiger partial charge in [-0.15, -0.1) is 0 Å². The standard InChI is InChI=1S/C71H137NO5/c1-3-5-7-9-11-13-15-17-19-21-22-26-29-32-35-39-43-47-51-55-59-63-69(74)68(67-73)72-70(75)64-60-56-52-48-44-40-36-33-30-27-24-23-25-28-31-34-38-42-46-50-54-58-62-66-77-71(76)65-61-57-53-49-45-41-37-20-18-16-14-12-10-8-6-4-2/h27,30,59,63,68-69,73-74H,3-26,28-29,31-58,60-62,64-67H2,1-2H3,(H,72,75)/b30-27-,63-59+. The van der Waals surface area contributed by atoms with E-state index in [4.69, 9.17) is 4.74 Å². The maximum Gasteiger partial charge on any atom is 0.305 e. The van der Waals surface area contributed by atoms with Gasteiger partial charge in [0.2, 0.25) is 5.91 Å². The van der Waals surface area contributed by atoms with E-state index in [1.807, 2.05) is 6.08 Å². The molecule has 0 aliphatic heterocycles. The van der Waals surface area contributed by atoms with Crippen LogP contribution in [0.25, 0.3) is 0 Å². The van der Waals surface area contributed by atoms with Crippen LogP contribution in [0.3, 0.4) is 0 Å². The molecular formula is C71H137NO5. The van der Waals surface area contributed by atoms with Crippen molar-refractivity contribution >= 4 is 11.9 Å². The molecule has 0 radical (unpaired) electrons. The topological polar surface area (TPSA) is 95.9 Å². The van der Waals surface area contributed by atoms with Crippen molar-refractivity contribution < 1.29 is 24.5 Å². The van der Waals surface area contributed by atoms with Crippen LogP contribution in [0, 0.1) is 0 Å². The predicted octanol–water partition coefficient (Wildman–Crippen LogP) is 22.5. The number of hydrogen-bond acceptors (Lipinski definition) is 5. The number of ether oxygens (including phenoxy) is 1. The molecule has 2 atom stereocenters. The van der Waals surface area contributed by atoms with E-state index < -0.39 is 12.1 Å². The molecule has 0 rings (SSSR count). The number of aliphatic hydroxyl groups excluding tert-OH is 2. The van der Waals surface area contributed by atoms with Gasteiger partial charge < -0.3 is 20.3 Å². The molecule has 0 spiro atoms. The van der Waals surface area contributed by atoms with Gasteiger partial charge in [0.1, 0.15) is 0 Å². The lowest BCUT2D eigenvalue weighted by molar-refractivity contribution is -0.143. The Hall–Kier alpha value is -1.66.